The third-order valence-corrected chi connectivity index (χ3v) is 7.19. The topological polar surface area (TPSA) is 79.4 Å². The van der Waals surface area contributed by atoms with Gasteiger partial charge in [-0.3, -0.25) is 4.79 Å². The van der Waals surface area contributed by atoms with Gasteiger partial charge in [-0.2, -0.15) is 17.0 Å². The normalized spacial score (nSPS) is 24.9. The predicted molar refractivity (Wildman–Crippen MR) is 106 cm³/mol. The smallest absolute Gasteiger partial charge is 0.282 e. The van der Waals surface area contributed by atoms with Crippen LogP contribution in [0.15, 0.2) is 18.2 Å². The van der Waals surface area contributed by atoms with E-state index < -0.39 is 10.2 Å². The van der Waals surface area contributed by atoms with Crippen LogP contribution in [0.25, 0.3) is 0 Å². The lowest BCUT2D eigenvalue weighted by atomic mass is 10.1. The van der Waals surface area contributed by atoms with Gasteiger partial charge in [-0.15, -0.1) is 0 Å². The van der Waals surface area contributed by atoms with Gasteiger partial charge in [-0.1, -0.05) is 6.07 Å². The summed E-state index contributed by atoms with van der Waals surface area (Å²) in [5, 5.41) is 0. The molecule has 156 valence electrons. The van der Waals surface area contributed by atoms with E-state index >= 15 is 0 Å². The van der Waals surface area contributed by atoms with Crippen LogP contribution in [0.5, 0.6) is 5.75 Å². The van der Waals surface area contributed by atoms with Gasteiger partial charge in [-0.05, 0) is 38.5 Å². The molecule has 1 aromatic rings. The Morgan fingerprint density at radius 1 is 1.07 bits per heavy atom. The minimum absolute atomic E-state index is 0.107. The quantitative estimate of drug-likeness (QED) is 0.742. The van der Waals surface area contributed by atoms with Crippen LogP contribution in [0.3, 0.4) is 0 Å². The lowest BCUT2D eigenvalue weighted by molar-refractivity contribution is -0.0457. The number of carbonyl (C=O) groups excluding carboxylic acids is 1. The van der Waals surface area contributed by atoms with E-state index in [-0.39, 0.29) is 31.2 Å². The van der Waals surface area contributed by atoms with Gasteiger partial charge in [-0.25, -0.2) is 0 Å². The van der Waals surface area contributed by atoms with Gasteiger partial charge in [0.1, 0.15) is 5.75 Å². The minimum atomic E-state index is -3.55. The van der Waals surface area contributed by atoms with Crippen LogP contribution in [-0.4, -0.2) is 86.4 Å². The zero-order chi connectivity index (χ0) is 20.5. The number of piperazine rings is 1. The summed E-state index contributed by atoms with van der Waals surface area (Å²) in [7, 11) is -1.98. The minimum Gasteiger partial charge on any atom is -0.496 e. The number of methoxy groups -OCH3 is 1. The van der Waals surface area contributed by atoms with E-state index in [1.807, 2.05) is 26.8 Å². The van der Waals surface area contributed by atoms with Crippen LogP contribution in [0.4, 0.5) is 0 Å². The molecule has 2 fully saturated rings. The van der Waals surface area contributed by atoms with Crippen molar-refractivity contribution < 1.29 is 22.7 Å². The summed E-state index contributed by atoms with van der Waals surface area (Å²) in [5.74, 6) is 0.562. The predicted octanol–water partition coefficient (Wildman–Crippen LogP) is 1.12. The van der Waals surface area contributed by atoms with Crippen molar-refractivity contribution in [2.75, 3.05) is 46.4 Å². The molecule has 1 amide bonds. The standard InChI is InChI=1S/C19H29N3O5S/c1-14-5-6-17(11-18(14)26-4)19(23)20-7-9-21(10-8-20)28(24,25)22-12-15(2)27-16(3)13-22/h5-6,11,15-16H,7-10,12-13H2,1-4H3/t15-,16-/m1/s1. The lowest BCUT2D eigenvalue weighted by Crippen LogP contribution is -2.57. The van der Waals surface area contributed by atoms with Crippen molar-refractivity contribution in [1.29, 1.82) is 0 Å². The van der Waals surface area contributed by atoms with Crippen molar-refractivity contribution in [3.05, 3.63) is 29.3 Å². The molecule has 0 bridgehead atoms. The molecule has 2 heterocycles. The molecule has 3 rings (SSSR count). The maximum absolute atomic E-state index is 13.0. The fraction of sp³-hybridized carbons (Fsp3) is 0.632. The largest absolute Gasteiger partial charge is 0.496 e. The van der Waals surface area contributed by atoms with Gasteiger partial charge >= 0.3 is 0 Å². The first kappa shape index (κ1) is 21.0. The van der Waals surface area contributed by atoms with Gasteiger partial charge in [0, 0.05) is 44.8 Å². The number of hydrogen-bond acceptors (Lipinski definition) is 5. The van der Waals surface area contributed by atoms with Crippen molar-refractivity contribution in [2.45, 2.75) is 33.0 Å². The fourth-order valence-corrected chi connectivity index (χ4v) is 5.49. The number of benzene rings is 1. The fourth-order valence-electron chi connectivity index (χ4n) is 3.74. The van der Waals surface area contributed by atoms with Gasteiger partial charge in [0.25, 0.3) is 16.1 Å². The van der Waals surface area contributed by atoms with Crippen molar-refractivity contribution in [3.63, 3.8) is 0 Å². The molecule has 2 saturated heterocycles. The SMILES string of the molecule is COc1cc(C(=O)N2CCN(S(=O)(=O)N3C[C@@H](C)O[C@H](C)C3)CC2)ccc1C. The number of ether oxygens (including phenoxy) is 2. The Balaban J connectivity index is 1.64. The zero-order valence-corrected chi connectivity index (χ0v) is 17.7. The molecule has 1 aromatic carbocycles. The van der Waals surface area contributed by atoms with Crippen molar-refractivity contribution in [3.8, 4) is 5.75 Å². The van der Waals surface area contributed by atoms with E-state index in [9.17, 15) is 13.2 Å². The second-order valence-electron chi connectivity index (χ2n) is 7.46. The molecule has 9 heteroatoms. The maximum atomic E-state index is 13.0. The molecule has 0 unspecified atom stereocenters. The first-order valence-corrected chi connectivity index (χ1v) is 11.0. The van der Waals surface area contributed by atoms with E-state index in [1.165, 1.54) is 8.61 Å². The molecule has 0 N–H and O–H groups in total. The maximum Gasteiger partial charge on any atom is 0.282 e. The van der Waals surface area contributed by atoms with Crippen LogP contribution in [0.2, 0.25) is 0 Å². The van der Waals surface area contributed by atoms with Gasteiger partial charge < -0.3 is 14.4 Å². The lowest BCUT2D eigenvalue weighted by Gasteiger charge is -2.40. The molecular formula is C19H29N3O5S. The van der Waals surface area contributed by atoms with Crippen LogP contribution >= 0.6 is 0 Å². The zero-order valence-electron chi connectivity index (χ0n) is 16.9. The highest BCUT2D eigenvalue weighted by Gasteiger charge is 2.37. The van der Waals surface area contributed by atoms with E-state index in [0.29, 0.717) is 37.5 Å². The van der Waals surface area contributed by atoms with Crippen LogP contribution in [-0.2, 0) is 14.9 Å². The highest BCUT2D eigenvalue weighted by atomic mass is 32.2. The van der Waals surface area contributed by atoms with Crippen LogP contribution in [0.1, 0.15) is 29.8 Å². The second-order valence-corrected chi connectivity index (χ2v) is 9.39. The molecule has 0 spiro atoms. The second kappa shape index (κ2) is 8.36. The summed E-state index contributed by atoms with van der Waals surface area (Å²) in [5.41, 5.74) is 1.51. The Morgan fingerprint density at radius 2 is 1.68 bits per heavy atom. The number of rotatable bonds is 4. The average Bonchev–Trinajstić information content (AvgIpc) is 2.67. The summed E-state index contributed by atoms with van der Waals surface area (Å²) < 4.78 is 39.8. The van der Waals surface area contributed by atoms with Crippen LogP contribution < -0.4 is 4.74 Å². The molecule has 0 radical (unpaired) electrons. The molecule has 0 aromatic heterocycles. The molecule has 2 atom stereocenters. The molecule has 0 aliphatic carbocycles. The Labute approximate surface area is 167 Å². The van der Waals surface area contributed by atoms with E-state index in [2.05, 4.69) is 0 Å². The van der Waals surface area contributed by atoms with Crippen molar-refractivity contribution in [2.24, 2.45) is 0 Å². The third kappa shape index (κ3) is 4.32. The molecular weight excluding hydrogens is 382 g/mol. The summed E-state index contributed by atoms with van der Waals surface area (Å²) >= 11 is 0. The molecule has 8 nitrogen and oxygen atoms in total. The number of nitrogens with zero attached hydrogens (tertiary/aromatic N) is 3. The Kier molecular flexibility index (Phi) is 6.28. The number of aryl methyl sites for hydroxylation is 1. The van der Waals surface area contributed by atoms with E-state index in [0.717, 1.165) is 5.56 Å². The van der Waals surface area contributed by atoms with Crippen molar-refractivity contribution >= 4 is 16.1 Å². The van der Waals surface area contributed by atoms with Crippen LogP contribution in [0, 0.1) is 6.92 Å². The Bertz CT molecular complexity index is 811. The molecule has 2 aliphatic heterocycles. The third-order valence-electron chi connectivity index (χ3n) is 5.22. The highest BCUT2D eigenvalue weighted by molar-refractivity contribution is 7.86. The Hall–Kier alpha value is -1.68. The summed E-state index contributed by atoms with van der Waals surface area (Å²) in [6.45, 7) is 7.70. The molecule has 28 heavy (non-hydrogen) atoms. The van der Waals surface area contributed by atoms with Gasteiger partial charge in [0.15, 0.2) is 0 Å². The van der Waals surface area contributed by atoms with Gasteiger partial charge in [0.05, 0.1) is 19.3 Å². The first-order chi connectivity index (χ1) is 13.2. The van der Waals surface area contributed by atoms with E-state index in [1.54, 1.807) is 24.1 Å². The number of amides is 1. The number of morpholine rings is 1. The first-order valence-electron chi connectivity index (χ1n) is 9.57. The summed E-state index contributed by atoms with van der Waals surface area (Å²) in [6.07, 6.45) is -0.254. The monoisotopic (exact) mass is 411 g/mol. The van der Waals surface area contributed by atoms with Crippen molar-refractivity contribution in [1.82, 2.24) is 13.5 Å². The Morgan fingerprint density at radius 3 is 2.25 bits per heavy atom. The number of hydrogen-bond donors (Lipinski definition) is 0. The summed E-state index contributed by atoms with van der Waals surface area (Å²) in [4.78, 5) is 14.5. The highest BCUT2D eigenvalue weighted by Crippen LogP contribution is 2.22. The molecule has 0 saturated carbocycles. The molecule has 2 aliphatic rings. The average molecular weight is 412 g/mol. The van der Waals surface area contributed by atoms with Gasteiger partial charge in [0.2, 0.25) is 0 Å². The number of carbonyl (C=O) groups is 1. The summed E-state index contributed by atoms with van der Waals surface area (Å²) in [6, 6.07) is 5.37. The van der Waals surface area contributed by atoms with E-state index in [4.69, 9.17) is 9.47 Å².